The number of benzene rings is 1. The van der Waals surface area contributed by atoms with Crippen molar-refractivity contribution in [1.29, 1.82) is 0 Å². The van der Waals surface area contributed by atoms with Crippen LogP contribution in [0.25, 0.3) is 0 Å². The van der Waals surface area contributed by atoms with Crippen molar-refractivity contribution in [3.8, 4) is 0 Å². The van der Waals surface area contributed by atoms with Gasteiger partial charge in [-0.3, -0.25) is 4.79 Å². The number of aromatic carboxylic acids is 1. The average Bonchev–Trinajstić information content (AvgIpc) is 2.85. The minimum atomic E-state index is -0.968. The van der Waals surface area contributed by atoms with E-state index in [9.17, 15) is 9.59 Å². The van der Waals surface area contributed by atoms with Gasteiger partial charge in [-0.25, -0.2) is 4.79 Å². The number of anilines is 1. The third-order valence-corrected chi connectivity index (χ3v) is 3.65. The molecule has 1 atom stereocenters. The molecule has 1 aliphatic rings. The smallest absolute Gasteiger partial charge is 0.335 e. The van der Waals surface area contributed by atoms with E-state index in [0.29, 0.717) is 5.69 Å². The van der Waals surface area contributed by atoms with Gasteiger partial charge in [0.15, 0.2) is 0 Å². The Balaban J connectivity index is 2.17. The van der Waals surface area contributed by atoms with Gasteiger partial charge in [0.2, 0.25) is 5.91 Å². The van der Waals surface area contributed by atoms with E-state index in [1.807, 2.05) is 6.92 Å². The van der Waals surface area contributed by atoms with Crippen LogP contribution >= 0.6 is 0 Å². The van der Waals surface area contributed by atoms with Crippen molar-refractivity contribution < 1.29 is 14.7 Å². The summed E-state index contributed by atoms with van der Waals surface area (Å²) in [5.74, 6) is -0.960. The Morgan fingerprint density at radius 3 is 2.42 bits per heavy atom. The van der Waals surface area contributed by atoms with Crippen molar-refractivity contribution in [2.24, 2.45) is 0 Å². The molecule has 1 amide bonds. The molecule has 1 heterocycles. The van der Waals surface area contributed by atoms with Gasteiger partial charge in [-0.15, -0.1) is 0 Å². The molecular weight excluding hydrogens is 244 g/mol. The Morgan fingerprint density at radius 1 is 1.32 bits per heavy atom. The van der Waals surface area contributed by atoms with Gasteiger partial charge < -0.3 is 15.3 Å². The third-order valence-electron chi connectivity index (χ3n) is 3.65. The van der Waals surface area contributed by atoms with Crippen LogP contribution in [0, 0.1) is 0 Å². The number of amides is 1. The number of carbonyl (C=O) groups excluding carboxylic acids is 1. The van der Waals surface area contributed by atoms with Gasteiger partial charge in [0.1, 0.15) is 0 Å². The number of carbonyl (C=O) groups is 2. The number of hydrogen-bond donors (Lipinski definition) is 2. The van der Waals surface area contributed by atoms with E-state index in [4.69, 9.17) is 5.11 Å². The van der Waals surface area contributed by atoms with Gasteiger partial charge in [-0.2, -0.15) is 0 Å². The summed E-state index contributed by atoms with van der Waals surface area (Å²) in [7, 11) is 1.71. The van der Waals surface area contributed by atoms with E-state index in [2.05, 4.69) is 5.32 Å². The number of likely N-dealkylation sites (N-methyl/N-ethyl adjacent to an activating group) is 1. The van der Waals surface area contributed by atoms with E-state index >= 15 is 0 Å². The van der Waals surface area contributed by atoms with Gasteiger partial charge in [-0.1, -0.05) is 0 Å². The van der Waals surface area contributed by atoms with Crippen LogP contribution in [0.5, 0.6) is 0 Å². The normalized spacial score (nSPS) is 22.2. The van der Waals surface area contributed by atoms with E-state index in [1.165, 1.54) is 12.1 Å². The monoisotopic (exact) mass is 262 g/mol. The van der Waals surface area contributed by atoms with Gasteiger partial charge >= 0.3 is 5.97 Å². The topological polar surface area (TPSA) is 69.6 Å². The molecule has 1 aromatic rings. The summed E-state index contributed by atoms with van der Waals surface area (Å²) >= 11 is 0. The second kappa shape index (κ2) is 5.01. The van der Waals surface area contributed by atoms with Crippen LogP contribution in [0.15, 0.2) is 24.3 Å². The Kier molecular flexibility index (Phi) is 3.57. The maximum absolute atomic E-state index is 12.4. The average molecular weight is 262 g/mol. The Hall–Kier alpha value is -1.88. The number of carboxylic acids is 1. The molecule has 0 radical (unpaired) electrons. The highest BCUT2D eigenvalue weighted by Crippen LogP contribution is 2.24. The Bertz CT molecular complexity index is 490. The Labute approximate surface area is 112 Å². The first-order chi connectivity index (χ1) is 8.94. The fraction of sp³-hybridized carbons (Fsp3) is 0.429. The van der Waals surface area contributed by atoms with Gasteiger partial charge in [0.25, 0.3) is 0 Å². The Morgan fingerprint density at radius 2 is 1.95 bits per heavy atom. The lowest BCUT2D eigenvalue weighted by atomic mass is 9.98. The fourth-order valence-corrected chi connectivity index (χ4v) is 2.39. The molecule has 102 valence electrons. The molecule has 1 aliphatic heterocycles. The van der Waals surface area contributed by atoms with E-state index in [-0.39, 0.29) is 11.5 Å². The molecule has 19 heavy (non-hydrogen) atoms. The van der Waals surface area contributed by atoms with Gasteiger partial charge in [-0.05, 0) is 50.6 Å². The largest absolute Gasteiger partial charge is 0.478 e. The summed E-state index contributed by atoms with van der Waals surface area (Å²) < 4.78 is 0. The lowest BCUT2D eigenvalue weighted by Gasteiger charge is -2.29. The standard InChI is InChI=1S/C14H18N2O3/c1-14(8-3-9-15-14)13(19)16(2)11-6-4-10(5-7-11)12(17)18/h4-7,15H,3,8-9H2,1-2H3,(H,17,18). The predicted molar refractivity (Wildman–Crippen MR) is 72.5 cm³/mol. The quantitative estimate of drug-likeness (QED) is 0.866. The van der Waals surface area contributed by atoms with Crippen LogP contribution in [0.1, 0.15) is 30.1 Å². The fourth-order valence-electron chi connectivity index (χ4n) is 2.39. The molecule has 5 heteroatoms. The van der Waals surface area contributed by atoms with Crippen molar-refractivity contribution in [3.05, 3.63) is 29.8 Å². The summed E-state index contributed by atoms with van der Waals surface area (Å²) in [6.07, 6.45) is 1.82. The number of rotatable bonds is 3. The zero-order valence-corrected chi connectivity index (χ0v) is 11.1. The van der Waals surface area contributed by atoms with Crippen LogP contribution in [-0.4, -0.2) is 36.1 Å². The first-order valence-corrected chi connectivity index (χ1v) is 6.30. The molecule has 0 spiro atoms. The number of hydrogen-bond acceptors (Lipinski definition) is 3. The minimum absolute atomic E-state index is 0.00748. The van der Waals surface area contributed by atoms with Crippen LogP contribution < -0.4 is 10.2 Å². The van der Waals surface area contributed by atoms with E-state index < -0.39 is 11.5 Å². The molecule has 5 nitrogen and oxygen atoms in total. The molecule has 0 bridgehead atoms. The van der Waals surface area contributed by atoms with Crippen LogP contribution in [0.3, 0.4) is 0 Å². The van der Waals surface area contributed by atoms with Crippen molar-refractivity contribution in [2.45, 2.75) is 25.3 Å². The van der Waals surface area contributed by atoms with Crippen molar-refractivity contribution >= 4 is 17.6 Å². The van der Waals surface area contributed by atoms with Crippen molar-refractivity contribution in [3.63, 3.8) is 0 Å². The SMILES string of the molecule is CN(C(=O)C1(C)CCCN1)c1ccc(C(=O)O)cc1. The molecule has 0 aromatic heterocycles. The molecule has 1 fully saturated rings. The second-order valence-electron chi connectivity index (χ2n) is 5.08. The molecule has 1 saturated heterocycles. The molecule has 1 aromatic carbocycles. The third kappa shape index (κ3) is 2.61. The first-order valence-electron chi connectivity index (χ1n) is 6.30. The molecule has 0 aliphatic carbocycles. The molecule has 0 saturated carbocycles. The maximum atomic E-state index is 12.4. The first kappa shape index (κ1) is 13.5. The lowest BCUT2D eigenvalue weighted by Crippen LogP contribution is -2.51. The van der Waals surface area contributed by atoms with Crippen LogP contribution in [0.2, 0.25) is 0 Å². The zero-order chi connectivity index (χ0) is 14.0. The zero-order valence-electron chi connectivity index (χ0n) is 11.1. The lowest BCUT2D eigenvalue weighted by molar-refractivity contribution is -0.123. The predicted octanol–water partition coefficient (Wildman–Crippen LogP) is 1.49. The summed E-state index contributed by atoms with van der Waals surface area (Å²) in [5, 5.41) is 12.1. The molecular formula is C14H18N2O3. The van der Waals surface area contributed by atoms with Crippen LogP contribution in [0.4, 0.5) is 5.69 Å². The van der Waals surface area contributed by atoms with Crippen LogP contribution in [-0.2, 0) is 4.79 Å². The summed E-state index contributed by atoms with van der Waals surface area (Å²) in [4.78, 5) is 24.8. The number of nitrogens with one attached hydrogen (secondary N) is 1. The second-order valence-corrected chi connectivity index (χ2v) is 5.08. The summed E-state index contributed by atoms with van der Waals surface area (Å²) in [6.45, 7) is 2.76. The maximum Gasteiger partial charge on any atom is 0.335 e. The molecule has 2 rings (SSSR count). The highest BCUT2D eigenvalue weighted by molar-refractivity contribution is 6.00. The molecule has 1 unspecified atom stereocenters. The minimum Gasteiger partial charge on any atom is -0.478 e. The van der Waals surface area contributed by atoms with E-state index in [0.717, 1.165) is 19.4 Å². The highest BCUT2D eigenvalue weighted by Gasteiger charge is 2.38. The number of nitrogens with zero attached hydrogens (tertiary/aromatic N) is 1. The van der Waals surface area contributed by atoms with Gasteiger partial charge in [0, 0.05) is 12.7 Å². The summed E-state index contributed by atoms with van der Waals surface area (Å²) in [6, 6.07) is 6.32. The number of carboxylic acid groups (broad SMARTS) is 1. The van der Waals surface area contributed by atoms with Gasteiger partial charge in [0.05, 0.1) is 11.1 Å². The highest BCUT2D eigenvalue weighted by atomic mass is 16.4. The summed E-state index contributed by atoms with van der Waals surface area (Å²) in [5.41, 5.74) is 0.403. The van der Waals surface area contributed by atoms with Crippen molar-refractivity contribution in [1.82, 2.24) is 5.32 Å². The molecule has 2 N–H and O–H groups in total. The van der Waals surface area contributed by atoms with Crippen molar-refractivity contribution in [2.75, 3.05) is 18.5 Å². The van der Waals surface area contributed by atoms with E-state index in [1.54, 1.807) is 24.1 Å².